The van der Waals surface area contributed by atoms with Gasteiger partial charge in [-0.3, -0.25) is 0 Å². The van der Waals surface area contributed by atoms with Gasteiger partial charge in [-0.1, -0.05) is 0 Å². The Morgan fingerprint density at radius 2 is 1.89 bits per heavy atom. The molecule has 7 nitrogen and oxygen atoms in total. The second kappa shape index (κ2) is 5.11. The molecular formula is C11H11N4O3S-. The first-order valence-corrected chi connectivity index (χ1v) is 6.65. The number of benzene rings is 1. The van der Waals surface area contributed by atoms with E-state index in [1.54, 1.807) is 0 Å². The van der Waals surface area contributed by atoms with E-state index in [0.717, 1.165) is 0 Å². The fraction of sp³-hybridized carbons (Fsp3) is 0.0909. The van der Waals surface area contributed by atoms with Crippen LogP contribution in [0.2, 0.25) is 0 Å². The largest absolute Gasteiger partial charge is 0.481 e. The molecule has 1 heterocycles. The van der Waals surface area contributed by atoms with E-state index in [9.17, 15) is 8.42 Å². The molecule has 0 saturated heterocycles. The molecule has 100 valence electrons. The van der Waals surface area contributed by atoms with Gasteiger partial charge in [0, 0.05) is 12.0 Å². The molecule has 0 aliphatic rings. The molecule has 2 aromatic rings. The first-order valence-electron chi connectivity index (χ1n) is 5.21. The second-order valence-corrected chi connectivity index (χ2v) is 5.16. The van der Waals surface area contributed by atoms with Crippen molar-refractivity contribution in [1.82, 2.24) is 9.97 Å². The van der Waals surface area contributed by atoms with Crippen molar-refractivity contribution in [3.8, 4) is 5.88 Å². The smallest absolute Gasteiger partial charge is 0.212 e. The van der Waals surface area contributed by atoms with Crippen LogP contribution in [-0.4, -0.2) is 25.5 Å². The molecular weight excluding hydrogens is 268 g/mol. The van der Waals surface area contributed by atoms with Gasteiger partial charge in [-0.25, -0.2) is 13.4 Å². The summed E-state index contributed by atoms with van der Waals surface area (Å²) >= 11 is 0. The average Bonchev–Trinajstić information content (AvgIpc) is 2.39. The lowest BCUT2D eigenvalue weighted by atomic mass is 10.3. The highest BCUT2D eigenvalue weighted by Crippen LogP contribution is 2.27. The van der Waals surface area contributed by atoms with Gasteiger partial charge in [-0.05, 0) is 36.1 Å². The molecule has 0 unspecified atom stereocenters. The quantitative estimate of drug-likeness (QED) is 0.848. The van der Waals surface area contributed by atoms with E-state index in [1.165, 1.54) is 43.8 Å². The van der Waals surface area contributed by atoms with Gasteiger partial charge in [0.1, 0.15) is 0 Å². The van der Waals surface area contributed by atoms with Gasteiger partial charge in [0.05, 0.1) is 12.0 Å². The van der Waals surface area contributed by atoms with E-state index in [0.29, 0.717) is 5.69 Å². The summed E-state index contributed by atoms with van der Waals surface area (Å²) in [7, 11) is -2.41. The van der Waals surface area contributed by atoms with Crippen molar-refractivity contribution in [2.75, 3.05) is 12.8 Å². The maximum atomic E-state index is 12.0. The Balaban J connectivity index is 2.28. The Labute approximate surface area is 110 Å². The predicted molar refractivity (Wildman–Crippen MR) is 69.6 cm³/mol. The second-order valence-electron chi connectivity index (χ2n) is 3.55. The van der Waals surface area contributed by atoms with Crippen LogP contribution in [0.3, 0.4) is 0 Å². The molecule has 8 heteroatoms. The van der Waals surface area contributed by atoms with E-state index in [4.69, 9.17) is 10.5 Å². The van der Waals surface area contributed by atoms with Crippen LogP contribution in [0.15, 0.2) is 41.6 Å². The molecule has 19 heavy (non-hydrogen) atoms. The van der Waals surface area contributed by atoms with Crippen LogP contribution in [-0.2, 0) is 10.0 Å². The lowest BCUT2D eigenvalue weighted by molar-refractivity contribution is 0.397. The average molecular weight is 279 g/mol. The highest BCUT2D eigenvalue weighted by Gasteiger charge is 2.09. The molecule has 2 rings (SSSR count). The molecule has 0 bridgehead atoms. The van der Waals surface area contributed by atoms with E-state index in [2.05, 4.69) is 14.7 Å². The Bertz CT molecular complexity index is 671. The van der Waals surface area contributed by atoms with Gasteiger partial charge in [0.2, 0.25) is 15.9 Å². The molecule has 0 saturated carbocycles. The lowest BCUT2D eigenvalue weighted by Crippen LogP contribution is -1.99. The van der Waals surface area contributed by atoms with Crippen molar-refractivity contribution in [3.63, 3.8) is 0 Å². The first kappa shape index (κ1) is 13.1. The number of anilines is 1. The maximum Gasteiger partial charge on any atom is 0.212 e. The Kier molecular flexibility index (Phi) is 3.52. The SMILES string of the molecule is COc1cc([N-]S(=O)(=O)c2ccc(N)cc2)ncn1. The summed E-state index contributed by atoms with van der Waals surface area (Å²) in [5, 5.41) is 0. The normalized spacial score (nSPS) is 11.0. The summed E-state index contributed by atoms with van der Waals surface area (Å²) in [6.45, 7) is 0. The van der Waals surface area contributed by atoms with Gasteiger partial charge in [-0.2, -0.15) is 0 Å². The van der Waals surface area contributed by atoms with E-state index >= 15 is 0 Å². The number of methoxy groups -OCH3 is 1. The zero-order valence-electron chi connectivity index (χ0n) is 10.0. The molecule has 0 aliphatic carbocycles. The summed E-state index contributed by atoms with van der Waals surface area (Å²) < 4.78 is 32.5. The third-order valence-corrected chi connectivity index (χ3v) is 3.52. The molecule has 0 atom stereocenters. The van der Waals surface area contributed by atoms with Crippen molar-refractivity contribution < 1.29 is 13.2 Å². The summed E-state index contributed by atoms with van der Waals surface area (Å²) in [6, 6.07) is 7.07. The number of nitrogens with two attached hydrogens (primary N) is 1. The van der Waals surface area contributed by atoms with E-state index < -0.39 is 10.0 Å². The number of sulfonamides is 1. The minimum Gasteiger partial charge on any atom is -0.481 e. The van der Waals surface area contributed by atoms with Crippen LogP contribution in [0.5, 0.6) is 5.88 Å². The molecule has 1 aromatic carbocycles. The molecule has 0 spiro atoms. The molecule has 0 radical (unpaired) electrons. The predicted octanol–water partition coefficient (Wildman–Crippen LogP) is 1.46. The standard InChI is InChI=1S/C11H11N4O3S/c1-18-11-6-10(13-7-14-11)15-19(16,17)9-4-2-8(12)3-5-9/h2-7H,12H2,1H3/q-1. The zero-order chi connectivity index (χ0) is 13.9. The van der Waals surface area contributed by atoms with Crippen LogP contribution in [0, 0.1) is 0 Å². The molecule has 0 amide bonds. The van der Waals surface area contributed by atoms with Gasteiger partial charge >= 0.3 is 0 Å². The lowest BCUT2D eigenvalue weighted by Gasteiger charge is -2.15. The minimum absolute atomic E-state index is 0.00340. The third-order valence-electron chi connectivity index (χ3n) is 2.23. The monoisotopic (exact) mass is 279 g/mol. The Morgan fingerprint density at radius 3 is 2.53 bits per heavy atom. The van der Waals surface area contributed by atoms with Crippen LogP contribution in [0.4, 0.5) is 11.5 Å². The van der Waals surface area contributed by atoms with Crippen molar-refractivity contribution in [2.45, 2.75) is 4.90 Å². The third kappa shape index (κ3) is 3.10. The van der Waals surface area contributed by atoms with Crippen molar-refractivity contribution in [2.24, 2.45) is 0 Å². The van der Waals surface area contributed by atoms with Crippen LogP contribution >= 0.6 is 0 Å². The van der Waals surface area contributed by atoms with E-state index in [-0.39, 0.29) is 16.6 Å². The summed E-state index contributed by atoms with van der Waals surface area (Å²) in [4.78, 5) is 7.56. The summed E-state index contributed by atoms with van der Waals surface area (Å²) in [5.74, 6) is 0.241. The minimum atomic E-state index is -3.83. The first-order chi connectivity index (χ1) is 9.01. The summed E-state index contributed by atoms with van der Waals surface area (Å²) in [5.41, 5.74) is 5.97. The number of nitrogen functional groups attached to an aromatic ring is 1. The maximum absolute atomic E-state index is 12.0. The zero-order valence-corrected chi connectivity index (χ0v) is 10.8. The van der Waals surface area contributed by atoms with Crippen molar-refractivity contribution in [1.29, 1.82) is 0 Å². The van der Waals surface area contributed by atoms with Crippen molar-refractivity contribution in [3.05, 3.63) is 41.4 Å². The number of hydrogen-bond acceptors (Lipinski definition) is 6. The van der Waals surface area contributed by atoms with Crippen LogP contribution in [0.25, 0.3) is 4.72 Å². The Morgan fingerprint density at radius 1 is 1.21 bits per heavy atom. The van der Waals surface area contributed by atoms with Gasteiger partial charge in [0.25, 0.3) is 0 Å². The Hall–Kier alpha value is -2.35. The van der Waals surface area contributed by atoms with Crippen LogP contribution < -0.4 is 10.5 Å². The number of rotatable bonds is 4. The number of nitrogens with zero attached hydrogens (tertiary/aromatic N) is 3. The fourth-order valence-electron chi connectivity index (χ4n) is 1.31. The highest BCUT2D eigenvalue weighted by molar-refractivity contribution is 7.94. The molecule has 0 aliphatic heterocycles. The summed E-state index contributed by atoms with van der Waals surface area (Å²) in [6.07, 6.45) is 1.18. The van der Waals surface area contributed by atoms with Gasteiger partial charge in [-0.15, -0.1) is 0 Å². The van der Waals surface area contributed by atoms with Crippen LogP contribution in [0.1, 0.15) is 0 Å². The van der Waals surface area contributed by atoms with Gasteiger partial charge < -0.3 is 20.2 Å². The van der Waals surface area contributed by atoms with E-state index in [1.807, 2.05) is 0 Å². The topological polar surface area (TPSA) is 109 Å². The fourth-order valence-corrected chi connectivity index (χ4v) is 2.24. The molecule has 0 fully saturated rings. The highest BCUT2D eigenvalue weighted by atomic mass is 32.2. The number of hydrogen-bond donors (Lipinski definition) is 1. The number of ether oxygens (including phenoxy) is 1. The van der Waals surface area contributed by atoms with Crippen molar-refractivity contribution >= 4 is 21.5 Å². The molecule has 1 aromatic heterocycles. The van der Waals surface area contributed by atoms with Gasteiger partial charge in [0.15, 0.2) is 0 Å². The molecule has 2 N–H and O–H groups in total. The number of aromatic nitrogens is 2.